The van der Waals surface area contributed by atoms with E-state index in [1.807, 2.05) is 28.0 Å². The minimum atomic E-state index is -0.403. The third-order valence-electron chi connectivity index (χ3n) is 6.64. The molecule has 0 saturated carbocycles. The van der Waals surface area contributed by atoms with Crippen LogP contribution in [0.4, 0.5) is 0 Å². The molecule has 6 heteroatoms. The van der Waals surface area contributed by atoms with Crippen molar-refractivity contribution in [1.82, 2.24) is 14.7 Å². The number of ether oxygens (including phenoxy) is 1. The van der Waals surface area contributed by atoms with Crippen LogP contribution in [0.5, 0.6) is 5.75 Å². The van der Waals surface area contributed by atoms with E-state index >= 15 is 0 Å². The van der Waals surface area contributed by atoms with Gasteiger partial charge in [-0.2, -0.15) is 0 Å². The van der Waals surface area contributed by atoms with Crippen molar-refractivity contribution in [2.75, 3.05) is 39.8 Å². The van der Waals surface area contributed by atoms with E-state index in [1.165, 1.54) is 0 Å². The summed E-state index contributed by atoms with van der Waals surface area (Å²) in [7, 11) is 2.12. The number of piperidine rings is 2. The van der Waals surface area contributed by atoms with Crippen molar-refractivity contribution in [1.29, 1.82) is 0 Å². The molecule has 1 aromatic carbocycles. The molecule has 0 aromatic heterocycles. The lowest BCUT2D eigenvalue weighted by Gasteiger charge is -2.43. The number of rotatable bonds is 1. The molecule has 3 aliphatic heterocycles. The fourth-order valence-corrected chi connectivity index (χ4v) is 4.77. The molecule has 3 aliphatic rings. The standard InChI is InChI=1S/C22H31N3O3/c1-17(26)24-13-9-22(10-14-24)16-25(15-19-5-3-4-6-20(19)28-22)21(27)18-7-11-23(2)12-8-18/h3-6,18H,7-16H2,1-2H3. The van der Waals surface area contributed by atoms with Crippen molar-refractivity contribution in [3.63, 3.8) is 0 Å². The number of likely N-dealkylation sites (tertiary alicyclic amines) is 2. The first-order chi connectivity index (χ1) is 13.5. The van der Waals surface area contributed by atoms with E-state index in [-0.39, 0.29) is 17.7 Å². The first-order valence-electron chi connectivity index (χ1n) is 10.5. The van der Waals surface area contributed by atoms with Gasteiger partial charge in [0.15, 0.2) is 0 Å². The highest BCUT2D eigenvalue weighted by molar-refractivity contribution is 5.79. The molecule has 1 aromatic rings. The first kappa shape index (κ1) is 19.2. The second-order valence-electron chi connectivity index (χ2n) is 8.67. The summed E-state index contributed by atoms with van der Waals surface area (Å²) in [6.45, 7) is 6.18. The molecule has 0 atom stereocenters. The number of para-hydroxylation sites is 1. The van der Waals surface area contributed by atoms with Gasteiger partial charge in [0.2, 0.25) is 11.8 Å². The first-order valence-corrected chi connectivity index (χ1v) is 10.5. The zero-order valence-electron chi connectivity index (χ0n) is 17.0. The molecule has 0 N–H and O–H groups in total. The number of benzene rings is 1. The topological polar surface area (TPSA) is 53.1 Å². The lowest BCUT2D eigenvalue weighted by Crippen LogP contribution is -2.55. The zero-order chi connectivity index (χ0) is 19.7. The molecular weight excluding hydrogens is 354 g/mol. The fraction of sp³-hybridized carbons (Fsp3) is 0.636. The predicted octanol–water partition coefficient (Wildman–Crippen LogP) is 2.13. The molecule has 0 radical (unpaired) electrons. The van der Waals surface area contributed by atoms with E-state index in [9.17, 15) is 9.59 Å². The quantitative estimate of drug-likeness (QED) is 0.743. The van der Waals surface area contributed by atoms with Gasteiger partial charge in [0.05, 0.1) is 6.54 Å². The summed E-state index contributed by atoms with van der Waals surface area (Å²) in [5, 5.41) is 0. The zero-order valence-corrected chi connectivity index (χ0v) is 17.0. The largest absolute Gasteiger partial charge is 0.485 e. The Hall–Kier alpha value is -2.08. The van der Waals surface area contributed by atoms with Gasteiger partial charge in [-0.1, -0.05) is 18.2 Å². The number of hydrogen-bond donors (Lipinski definition) is 0. The van der Waals surface area contributed by atoms with Crippen molar-refractivity contribution in [3.8, 4) is 5.75 Å². The molecule has 28 heavy (non-hydrogen) atoms. The Morgan fingerprint density at radius 1 is 1.04 bits per heavy atom. The van der Waals surface area contributed by atoms with Crippen molar-refractivity contribution in [2.24, 2.45) is 5.92 Å². The second-order valence-corrected chi connectivity index (χ2v) is 8.67. The number of hydrogen-bond acceptors (Lipinski definition) is 4. The third kappa shape index (κ3) is 3.88. The van der Waals surface area contributed by atoms with Crippen LogP contribution in [-0.2, 0) is 16.1 Å². The average molecular weight is 386 g/mol. The van der Waals surface area contributed by atoms with Crippen molar-refractivity contribution in [2.45, 2.75) is 44.8 Å². The van der Waals surface area contributed by atoms with Gasteiger partial charge >= 0.3 is 0 Å². The van der Waals surface area contributed by atoms with Crippen LogP contribution in [0.25, 0.3) is 0 Å². The molecule has 2 amide bonds. The highest BCUT2D eigenvalue weighted by Crippen LogP contribution is 2.36. The summed E-state index contributed by atoms with van der Waals surface area (Å²) in [5.74, 6) is 1.37. The van der Waals surface area contributed by atoms with E-state index < -0.39 is 5.60 Å². The number of carbonyl (C=O) groups excluding carboxylic acids is 2. The lowest BCUT2D eigenvalue weighted by atomic mass is 9.89. The van der Waals surface area contributed by atoms with Crippen molar-refractivity contribution in [3.05, 3.63) is 29.8 Å². The van der Waals surface area contributed by atoms with Crippen LogP contribution in [0, 0.1) is 5.92 Å². The van der Waals surface area contributed by atoms with Crippen LogP contribution in [0.2, 0.25) is 0 Å². The average Bonchev–Trinajstić information content (AvgIpc) is 2.85. The molecule has 2 saturated heterocycles. The normalized spacial score (nSPS) is 23.1. The van der Waals surface area contributed by atoms with E-state index in [0.717, 1.165) is 50.1 Å². The molecule has 6 nitrogen and oxygen atoms in total. The monoisotopic (exact) mass is 385 g/mol. The van der Waals surface area contributed by atoms with E-state index in [2.05, 4.69) is 18.0 Å². The fourth-order valence-electron chi connectivity index (χ4n) is 4.77. The van der Waals surface area contributed by atoms with Crippen molar-refractivity contribution < 1.29 is 14.3 Å². The van der Waals surface area contributed by atoms with Gasteiger partial charge in [-0.05, 0) is 39.0 Å². The summed E-state index contributed by atoms with van der Waals surface area (Å²) in [6.07, 6.45) is 3.38. The van der Waals surface area contributed by atoms with Gasteiger partial charge in [0.1, 0.15) is 11.4 Å². The molecular formula is C22H31N3O3. The molecule has 0 aliphatic carbocycles. The maximum absolute atomic E-state index is 13.4. The Labute approximate surface area is 167 Å². The summed E-state index contributed by atoms with van der Waals surface area (Å²) in [5.41, 5.74) is 0.675. The minimum absolute atomic E-state index is 0.107. The van der Waals surface area contributed by atoms with Crippen LogP contribution < -0.4 is 4.74 Å². The highest BCUT2D eigenvalue weighted by Gasteiger charge is 2.43. The third-order valence-corrected chi connectivity index (χ3v) is 6.64. The van der Waals surface area contributed by atoms with Crippen LogP contribution in [0.15, 0.2) is 24.3 Å². The van der Waals surface area contributed by atoms with E-state index in [1.54, 1.807) is 6.92 Å². The Kier molecular flexibility index (Phi) is 5.32. The number of carbonyl (C=O) groups is 2. The molecule has 3 heterocycles. The Balaban J connectivity index is 1.57. The molecule has 152 valence electrons. The molecule has 0 bridgehead atoms. The van der Waals surface area contributed by atoms with Crippen molar-refractivity contribution >= 4 is 11.8 Å². The van der Waals surface area contributed by atoms with E-state index in [0.29, 0.717) is 26.2 Å². The molecule has 1 spiro atoms. The predicted molar refractivity (Wildman–Crippen MR) is 107 cm³/mol. The molecule has 4 rings (SSSR count). The Morgan fingerprint density at radius 3 is 2.39 bits per heavy atom. The Morgan fingerprint density at radius 2 is 1.71 bits per heavy atom. The maximum Gasteiger partial charge on any atom is 0.226 e. The van der Waals surface area contributed by atoms with E-state index in [4.69, 9.17) is 4.74 Å². The molecule has 2 fully saturated rings. The van der Waals surface area contributed by atoms with Gasteiger partial charge in [-0.25, -0.2) is 0 Å². The number of nitrogens with zero attached hydrogens (tertiary/aromatic N) is 3. The lowest BCUT2D eigenvalue weighted by molar-refractivity contribution is -0.143. The van der Waals surface area contributed by atoms with Crippen LogP contribution in [0.3, 0.4) is 0 Å². The summed E-state index contributed by atoms with van der Waals surface area (Å²) >= 11 is 0. The number of fused-ring (bicyclic) bond motifs is 1. The number of amides is 2. The van der Waals surface area contributed by atoms with Crippen LogP contribution in [0.1, 0.15) is 38.2 Å². The van der Waals surface area contributed by atoms with Crippen LogP contribution in [-0.4, -0.2) is 71.9 Å². The highest BCUT2D eigenvalue weighted by atomic mass is 16.5. The smallest absolute Gasteiger partial charge is 0.226 e. The van der Waals surface area contributed by atoms with Gasteiger partial charge in [-0.15, -0.1) is 0 Å². The minimum Gasteiger partial charge on any atom is -0.485 e. The molecule has 0 unspecified atom stereocenters. The SMILES string of the molecule is CC(=O)N1CCC2(CC1)CN(C(=O)C1CCN(C)CC1)Cc1ccccc1O2. The Bertz CT molecular complexity index is 734. The van der Waals surface area contributed by atoms with Crippen LogP contribution >= 0.6 is 0 Å². The summed E-state index contributed by atoms with van der Waals surface area (Å²) in [6, 6.07) is 8.08. The van der Waals surface area contributed by atoms with Gasteiger partial charge in [0.25, 0.3) is 0 Å². The van der Waals surface area contributed by atoms with Gasteiger partial charge in [0, 0.05) is 50.9 Å². The summed E-state index contributed by atoms with van der Waals surface area (Å²) < 4.78 is 6.56. The maximum atomic E-state index is 13.4. The second kappa shape index (κ2) is 7.74. The van der Waals surface area contributed by atoms with Gasteiger partial charge in [-0.3, -0.25) is 9.59 Å². The summed E-state index contributed by atoms with van der Waals surface area (Å²) in [4.78, 5) is 31.4. The van der Waals surface area contributed by atoms with Gasteiger partial charge < -0.3 is 19.4 Å².